The number of halogens is 1. The second kappa shape index (κ2) is 7.44. The highest BCUT2D eigenvalue weighted by atomic mass is 79.9. The van der Waals surface area contributed by atoms with Gasteiger partial charge >= 0.3 is 0 Å². The number of amides is 1. The van der Waals surface area contributed by atoms with Crippen LogP contribution in [0.25, 0.3) is 22.3 Å². The zero-order chi connectivity index (χ0) is 19.7. The molecule has 4 aromatic rings. The zero-order valence-electron chi connectivity index (χ0n) is 15.0. The molecule has 1 amide bonds. The molecular weight excluding hydrogens is 418 g/mol. The van der Waals surface area contributed by atoms with Gasteiger partial charge in [0, 0.05) is 27.4 Å². The molecule has 0 aliphatic carbocycles. The van der Waals surface area contributed by atoms with Crippen molar-refractivity contribution in [2.75, 3.05) is 5.32 Å². The number of hydrogen-bond donors (Lipinski definition) is 1. The van der Waals surface area contributed by atoms with E-state index in [0.29, 0.717) is 28.0 Å². The van der Waals surface area contributed by atoms with Gasteiger partial charge in [0.05, 0.1) is 5.39 Å². The van der Waals surface area contributed by atoms with Crippen molar-refractivity contribution in [1.82, 2.24) is 0 Å². The van der Waals surface area contributed by atoms with Crippen LogP contribution < -0.4 is 10.7 Å². The molecule has 0 fully saturated rings. The summed E-state index contributed by atoms with van der Waals surface area (Å²) in [5.74, 6) is 0.278. The van der Waals surface area contributed by atoms with Crippen LogP contribution in [-0.4, -0.2) is 5.91 Å². The lowest BCUT2D eigenvalue weighted by Crippen LogP contribution is -2.12. The summed E-state index contributed by atoms with van der Waals surface area (Å²) >= 11 is 3.35. The maximum Gasteiger partial charge on any atom is 0.255 e. The summed E-state index contributed by atoms with van der Waals surface area (Å²) in [4.78, 5) is 25.0. The van der Waals surface area contributed by atoms with Crippen LogP contribution in [0, 0.1) is 6.92 Å². The molecule has 0 unspecified atom stereocenters. The average molecular weight is 434 g/mol. The van der Waals surface area contributed by atoms with Crippen LogP contribution in [0.3, 0.4) is 0 Å². The lowest BCUT2D eigenvalue weighted by molar-refractivity contribution is 0.102. The Labute approximate surface area is 170 Å². The van der Waals surface area contributed by atoms with Crippen LogP contribution in [0.15, 0.2) is 86.5 Å². The highest BCUT2D eigenvalue weighted by Crippen LogP contribution is 2.25. The predicted octanol–water partition coefficient (Wildman–Crippen LogP) is 5.78. The summed E-state index contributed by atoms with van der Waals surface area (Å²) in [6.45, 7) is 1.99. The first-order valence-corrected chi connectivity index (χ1v) is 9.51. The lowest BCUT2D eigenvalue weighted by atomic mass is 10.1. The minimum atomic E-state index is -0.243. The van der Waals surface area contributed by atoms with Crippen molar-refractivity contribution in [2.45, 2.75) is 6.92 Å². The van der Waals surface area contributed by atoms with Crippen LogP contribution in [-0.2, 0) is 0 Å². The second-order valence-electron chi connectivity index (χ2n) is 6.52. The third kappa shape index (κ3) is 3.75. The fraction of sp³-hybridized carbons (Fsp3) is 0.0435. The van der Waals surface area contributed by atoms with Gasteiger partial charge in [-0.25, -0.2) is 0 Å². The Bertz CT molecular complexity index is 1240. The Balaban J connectivity index is 1.67. The molecule has 3 aromatic carbocycles. The Morgan fingerprint density at radius 1 is 0.964 bits per heavy atom. The van der Waals surface area contributed by atoms with E-state index in [1.165, 1.54) is 6.07 Å². The molecule has 0 saturated carbocycles. The summed E-state index contributed by atoms with van der Waals surface area (Å²) in [5, 5.41) is 3.24. The maximum absolute atomic E-state index is 12.6. The first-order chi connectivity index (χ1) is 13.5. The van der Waals surface area contributed by atoms with Crippen molar-refractivity contribution >= 4 is 38.5 Å². The van der Waals surface area contributed by atoms with Crippen LogP contribution >= 0.6 is 15.9 Å². The zero-order valence-corrected chi connectivity index (χ0v) is 16.6. The molecule has 1 aromatic heterocycles. The SMILES string of the molecule is Cc1cccc(-c2cc(=O)c3cc(NC(=O)c4ccc(Br)cc4)ccc3o2)c1. The molecule has 4 rings (SSSR count). The molecule has 1 heterocycles. The summed E-state index contributed by atoms with van der Waals surface area (Å²) in [7, 11) is 0. The Morgan fingerprint density at radius 3 is 2.50 bits per heavy atom. The number of hydrogen-bond acceptors (Lipinski definition) is 3. The van der Waals surface area contributed by atoms with Crippen LogP contribution in [0.1, 0.15) is 15.9 Å². The average Bonchev–Trinajstić information content (AvgIpc) is 2.69. The summed E-state index contributed by atoms with van der Waals surface area (Å²) in [5.41, 5.74) is 3.34. The third-order valence-corrected chi connectivity index (χ3v) is 4.92. The fourth-order valence-electron chi connectivity index (χ4n) is 2.98. The van der Waals surface area contributed by atoms with Crippen molar-refractivity contribution < 1.29 is 9.21 Å². The molecule has 5 heteroatoms. The lowest BCUT2D eigenvalue weighted by Gasteiger charge is -2.08. The van der Waals surface area contributed by atoms with E-state index in [0.717, 1.165) is 15.6 Å². The molecule has 28 heavy (non-hydrogen) atoms. The van der Waals surface area contributed by atoms with Crippen LogP contribution in [0.2, 0.25) is 0 Å². The summed E-state index contributed by atoms with van der Waals surface area (Å²) < 4.78 is 6.82. The van der Waals surface area contributed by atoms with E-state index in [-0.39, 0.29) is 11.3 Å². The molecular formula is C23H16BrNO3. The number of rotatable bonds is 3. The van der Waals surface area contributed by atoms with Crippen LogP contribution in [0.4, 0.5) is 5.69 Å². The second-order valence-corrected chi connectivity index (χ2v) is 7.43. The van der Waals surface area contributed by atoms with E-state index in [1.807, 2.05) is 31.2 Å². The molecule has 0 aliphatic heterocycles. The molecule has 1 N–H and O–H groups in total. The van der Waals surface area contributed by atoms with Gasteiger partial charge in [-0.3, -0.25) is 9.59 Å². The minimum Gasteiger partial charge on any atom is -0.456 e. The van der Waals surface area contributed by atoms with Gasteiger partial charge in [0.25, 0.3) is 5.91 Å². The van der Waals surface area contributed by atoms with Gasteiger partial charge < -0.3 is 9.73 Å². The van der Waals surface area contributed by atoms with E-state index in [2.05, 4.69) is 21.2 Å². The van der Waals surface area contributed by atoms with Gasteiger partial charge in [-0.15, -0.1) is 0 Å². The van der Waals surface area contributed by atoms with E-state index >= 15 is 0 Å². The number of nitrogens with one attached hydrogen (secondary N) is 1. The molecule has 0 bridgehead atoms. The number of fused-ring (bicyclic) bond motifs is 1. The van der Waals surface area contributed by atoms with Gasteiger partial charge in [-0.1, -0.05) is 39.7 Å². The Morgan fingerprint density at radius 2 is 1.75 bits per heavy atom. The maximum atomic E-state index is 12.6. The highest BCUT2D eigenvalue weighted by molar-refractivity contribution is 9.10. The summed E-state index contributed by atoms with van der Waals surface area (Å²) in [6, 6.07) is 21.4. The van der Waals surface area contributed by atoms with E-state index < -0.39 is 0 Å². The minimum absolute atomic E-state index is 0.155. The number of carbonyl (C=O) groups excluding carboxylic acids is 1. The Kier molecular flexibility index (Phi) is 4.84. The smallest absolute Gasteiger partial charge is 0.255 e. The number of carbonyl (C=O) groups is 1. The van der Waals surface area contributed by atoms with E-state index in [4.69, 9.17) is 4.42 Å². The van der Waals surface area contributed by atoms with Gasteiger partial charge in [0.2, 0.25) is 0 Å². The molecule has 4 nitrogen and oxygen atoms in total. The fourth-order valence-corrected chi connectivity index (χ4v) is 3.24. The van der Waals surface area contributed by atoms with E-state index in [9.17, 15) is 9.59 Å². The quantitative estimate of drug-likeness (QED) is 0.445. The van der Waals surface area contributed by atoms with Crippen molar-refractivity contribution in [3.8, 4) is 11.3 Å². The third-order valence-electron chi connectivity index (χ3n) is 4.39. The highest BCUT2D eigenvalue weighted by Gasteiger charge is 2.10. The van der Waals surface area contributed by atoms with Gasteiger partial charge in [-0.2, -0.15) is 0 Å². The molecule has 0 atom stereocenters. The van der Waals surface area contributed by atoms with Crippen LogP contribution in [0.5, 0.6) is 0 Å². The topological polar surface area (TPSA) is 59.3 Å². The monoisotopic (exact) mass is 433 g/mol. The normalized spacial score (nSPS) is 10.8. The predicted molar refractivity (Wildman–Crippen MR) is 115 cm³/mol. The Hall–Kier alpha value is -3.18. The largest absolute Gasteiger partial charge is 0.456 e. The molecule has 0 radical (unpaired) electrons. The molecule has 0 aliphatic rings. The van der Waals surface area contributed by atoms with Gasteiger partial charge in [0.1, 0.15) is 11.3 Å². The first-order valence-electron chi connectivity index (χ1n) is 8.71. The number of aryl methyl sites for hydroxylation is 1. The van der Waals surface area contributed by atoms with Crippen molar-refractivity contribution in [3.05, 3.63) is 98.6 Å². The number of benzene rings is 3. The molecule has 0 saturated heterocycles. The summed E-state index contributed by atoms with van der Waals surface area (Å²) in [6.07, 6.45) is 0. The van der Waals surface area contributed by atoms with Crippen molar-refractivity contribution in [1.29, 1.82) is 0 Å². The van der Waals surface area contributed by atoms with Gasteiger partial charge in [-0.05, 0) is 55.5 Å². The standard InChI is InChI=1S/C23H16BrNO3/c1-14-3-2-4-16(11-14)22-13-20(26)19-12-18(9-10-21(19)28-22)25-23(27)15-5-7-17(24)8-6-15/h2-13H,1H3,(H,25,27). The molecule has 138 valence electrons. The van der Waals surface area contributed by atoms with Crippen molar-refractivity contribution in [2.24, 2.45) is 0 Å². The van der Waals surface area contributed by atoms with Crippen molar-refractivity contribution in [3.63, 3.8) is 0 Å². The number of anilines is 1. The van der Waals surface area contributed by atoms with E-state index in [1.54, 1.807) is 42.5 Å². The first kappa shape index (κ1) is 18.2. The molecule has 0 spiro atoms. The van der Waals surface area contributed by atoms with Gasteiger partial charge in [0.15, 0.2) is 5.43 Å².